The van der Waals surface area contributed by atoms with Crippen LogP contribution >= 0.6 is 0 Å². The fourth-order valence-corrected chi connectivity index (χ4v) is 2.05. The highest BCUT2D eigenvalue weighted by molar-refractivity contribution is 5.84. The van der Waals surface area contributed by atoms with Gasteiger partial charge in [0.15, 0.2) is 0 Å². The lowest BCUT2D eigenvalue weighted by atomic mass is 9.95. The number of carbonyl (C=O) groups is 2. The second kappa shape index (κ2) is 7.95. The largest absolute Gasteiger partial charge is 0.352 e. The van der Waals surface area contributed by atoms with Crippen LogP contribution in [0.2, 0.25) is 0 Å². The van der Waals surface area contributed by atoms with Crippen LogP contribution in [0.5, 0.6) is 0 Å². The molecule has 0 spiro atoms. The Bertz CT molecular complexity index is 273. The van der Waals surface area contributed by atoms with Crippen LogP contribution in [0, 0.1) is 5.92 Å². The first-order valence-corrected chi connectivity index (χ1v) is 6.89. The van der Waals surface area contributed by atoms with Gasteiger partial charge in [0, 0.05) is 12.6 Å². The van der Waals surface area contributed by atoms with Crippen molar-refractivity contribution >= 4 is 11.9 Å². The van der Waals surface area contributed by atoms with Gasteiger partial charge < -0.3 is 16.0 Å². The number of rotatable bonds is 5. The third-order valence-corrected chi connectivity index (χ3v) is 3.05. The molecule has 1 fully saturated rings. The SMILES string of the molecule is CC(C)CNC(=O)NCC(=O)NC1CCCCC1. The molecule has 0 radical (unpaired) electrons. The zero-order valence-electron chi connectivity index (χ0n) is 11.4. The van der Waals surface area contributed by atoms with Crippen molar-refractivity contribution in [2.45, 2.75) is 52.0 Å². The molecule has 3 amide bonds. The zero-order valence-corrected chi connectivity index (χ0v) is 11.4. The van der Waals surface area contributed by atoms with Crippen molar-refractivity contribution in [2.24, 2.45) is 5.92 Å². The minimum absolute atomic E-state index is 0.0560. The van der Waals surface area contributed by atoms with Crippen molar-refractivity contribution in [1.29, 1.82) is 0 Å². The molecule has 5 nitrogen and oxygen atoms in total. The van der Waals surface area contributed by atoms with E-state index in [0.29, 0.717) is 18.5 Å². The second-order valence-electron chi connectivity index (χ2n) is 5.36. The molecule has 0 unspecified atom stereocenters. The van der Waals surface area contributed by atoms with Crippen molar-refractivity contribution in [2.75, 3.05) is 13.1 Å². The molecule has 3 N–H and O–H groups in total. The maximum atomic E-state index is 11.6. The molecule has 0 atom stereocenters. The van der Waals surface area contributed by atoms with E-state index in [0.717, 1.165) is 12.8 Å². The van der Waals surface area contributed by atoms with Crippen molar-refractivity contribution < 1.29 is 9.59 Å². The monoisotopic (exact) mass is 255 g/mol. The molecule has 5 heteroatoms. The van der Waals surface area contributed by atoms with Crippen molar-refractivity contribution in [3.63, 3.8) is 0 Å². The summed E-state index contributed by atoms with van der Waals surface area (Å²) in [5.41, 5.74) is 0. The Balaban J connectivity index is 2.10. The van der Waals surface area contributed by atoms with Crippen LogP contribution in [0.15, 0.2) is 0 Å². The van der Waals surface area contributed by atoms with E-state index < -0.39 is 0 Å². The molecule has 1 rings (SSSR count). The van der Waals surface area contributed by atoms with E-state index in [9.17, 15) is 9.59 Å². The molecule has 0 heterocycles. The number of amides is 3. The lowest BCUT2D eigenvalue weighted by Crippen LogP contribution is -2.45. The summed E-state index contributed by atoms with van der Waals surface area (Å²) in [7, 11) is 0. The van der Waals surface area contributed by atoms with Gasteiger partial charge in [0.1, 0.15) is 0 Å². The van der Waals surface area contributed by atoms with Gasteiger partial charge in [-0.25, -0.2) is 4.79 Å². The third kappa shape index (κ3) is 6.47. The molecule has 0 aliphatic heterocycles. The van der Waals surface area contributed by atoms with E-state index in [1.54, 1.807) is 0 Å². The van der Waals surface area contributed by atoms with Crippen molar-refractivity contribution in [3.8, 4) is 0 Å². The normalized spacial score (nSPS) is 16.4. The number of urea groups is 1. The quantitative estimate of drug-likeness (QED) is 0.695. The van der Waals surface area contributed by atoms with Crippen LogP contribution in [0.3, 0.4) is 0 Å². The molecule has 104 valence electrons. The predicted octanol–water partition coefficient (Wildman–Crippen LogP) is 1.39. The van der Waals surface area contributed by atoms with E-state index >= 15 is 0 Å². The van der Waals surface area contributed by atoms with Gasteiger partial charge in [0.25, 0.3) is 0 Å². The first-order chi connectivity index (χ1) is 8.58. The molecular formula is C13H25N3O2. The molecule has 0 aromatic rings. The average molecular weight is 255 g/mol. The highest BCUT2D eigenvalue weighted by Gasteiger charge is 2.15. The Morgan fingerprint density at radius 3 is 2.39 bits per heavy atom. The summed E-state index contributed by atoms with van der Waals surface area (Å²) in [4.78, 5) is 22.9. The highest BCUT2D eigenvalue weighted by Crippen LogP contribution is 2.16. The second-order valence-corrected chi connectivity index (χ2v) is 5.36. The van der Waals surface area contributed by atoms with Crippen LogP contribution in [-0.4, -0.2) is 31.1 Å². The van der Waals surface area contributed by atoms with Gasteiger partial charge in [-0.3, -0.25) is 4.79 Å². The standard InChI is InChI=1S/C13H25N3O2/c1-10(2)8-14-13(18)15-9-12(17)16-11-6-4-3-5-7-11/h10-11H,3-9H2,1-2H3,(H,16,17)(H2,14,15,18). The Hall–Kier alpha value is -1.26. The Labute approximate surface area is 109 Å². The smallest absolute Gasteiger partial charge is 0.315 e. The summed E-state index contributed by atoms with van der Waals surface area (Å²) in [6, 6.07) is 0.0225. The molecule has 0 aromatic heterocycles. The van der Waals surface area contributed by atoms with Crippen LogP contribution in [0.4, 0.5) is 4.79 Å². The third-order valence-electron chi connectivity index (χ3n) is 3.05. The highest BCUT2D eigenvalue weighted by atomic mass is 16.2. The van der Waals surface area contributed by atoms with E-state index in [2.05, 4.69) is 16.0 Å². The zero-order chi connectivity index (χ0) is 13.4. The maximum absolute atomic E-state index is 11.6. The maximum Gasteiger partial charge on any atom is 0.315 e. The van der Waals surface area contributed by atoms with Gasteiger partial charge >= 0.3 is 6.03 Å². The fraction of sp³-hybridized carbons (Fsp3) is 0.846. The summed E-state index contributed by atoms with van der Waals surface area (Å²) >= 11 is 0. The first kappa shape index (κ1) is 14.8. The van der Waals surface area contributed by atoms with Gasteiger partial charge in [-0.1, -0.05) is 33.1 Å². The molecule has 1 aliphatic rings. The summed E-state index contributed by atoms with van der Waals surface area (Å²) < 4.78 is 0. The molecule has 0 saturated heterocycles. The molecule has 18 heavy (non-hydrogen) atoms. The molecule has 1 aliphatic carbocycles. The van der Waals surface area contributed by atoms with E-state index in [4.69, 9.17) is 0 Å². The van der Waals surface area contributed by atoms with Gasteiger partial charge in [-0.15, -0.1) is 0 Å². The van der Waals surface area contributed by atoms with E-state index in [1.165, 1.54) is 19.3 Å². The van der Waals surface area contributed by atoms with Crippen LogP contribution < -0.4 is 16.0 Å². The van der Waals surface area contributed by atoms with Gasteiger partial charge in [-0.05, 0) is 18.8 Å². The predicted molar refractivity (Wildman–Crippen MR) is 71.3 cm³/mol. The average Bonchev–Trinajstić information content (AvgIpc) is 2.35. The minimum atomic E-state index is -0.275. The van der Waals surface area contributed by atoms with Crippen molar-refractivity contribution in [3.05, 3.63) is 0 Å². The number of hydrogen-bond acceptors (Lipinski definition) is 2. The summed E-state index contributed by atoms with van der Waals surface area (Å²) in [5.74, 6) is 0.313. The Morgan fingerprint density at radius 2 is 1.78 bits per heavy atom. The lowest BCUT2D eigenvalue weighted by Gasteiger charge is -2.22. The number of hydrogen-bond donors (Lipinski definition) is 3. The first-order valence-electron chi connectivity index (χ1n) is 6.89. The number of carbonyl (C=O) groups excluding carboxylic acids is 2. The Morgan fingerprint density at radius 1 is 1.11 bits per heavy atom. The molecule has 0 aromatic carbocycles. The van der Waals surface area contributed by atoms with Crippen LogP contribution in [-0.2, 0) is 4.79 Å². The molecule has 0 bridgehead atoms. The van der Waals surface area contributed by atoms with Crippen LogP contribution in [0.25, 0.3) is 0 Å². The van der Waals surface area contributed by atoms with Crippen molar-refractivity contribution in [1.82, 2.24) is 16.0 Å². The summed E-state index contributed by atoms with van der Waals surface area (Å²) in [6.45, 7) is 4.72. The molecular weight excluding hydrogens is 230 g/mol. The number of nitrogens with one attached hydrogen (secondary N) is 3. The van der Waals surface area contributed by atoms with Gasteiger partial charge in [0.2, 0.25) is 5.91 Å². The van der Waals surface area contributed by atoms with Crippen LogP contribution in [0.1, 0.15) is 46.0 Å². The fourth-order valence-electron chi connectivity index (χ4n) is 2.05. The minimum Gasteiger partial charge on any atom is -0.352 e. The summed E-state index contributed by atoms with van der Waals surface area (Å²) in [5, 5.41) is 8.23. The van der Waals surface area contributed by atoms with E-state index in [-0.39, 0.29) is 18.5 Å². The van der Waals surface area contributed by atoms with Gasteiger partial charge in [-0.2, -0.15) is 0 Å². The lowest BCUT2D eigenvalue weighted by molar-refractivity contribution is -0.121. The Kier molecular flexibility index (Phi) is 6.54. The van der Waals surface area contributed by atoms with Gasteiger partial charge in [0.05, 0.1) is 6.54 Å². The van der Waals surface area contributed by atoms with E-state index in [1.807, 2.05) is 13.8 Å². The molecule has 1 saturated carbocycles. The summed E-state index contributed by atoms with van der Waals surface area (Å²) in [6.07, 6.45) is 5.76. The topological polar surface area (TPSA) is 70.2 Å².